The minimum absolute atomic E-state index is 0.616. The van der Waals surface area contributed by atoms with Gasteiger partial charge in [0, 0.05) is 0 Å². The van der Waals surface area contributed by atoms with Crippen LogP contribution >= 0.6 is 0 Å². The van der Waals surface area contributed by atoms with Gasteiger partial charge in [-0.05, 0) is 154 Å². The standard InChI is InChI=1S/C19H18.2C17H20.C12H12/c1-2-6-15-11-13-17(14-12-15)19-10-5-8-16-7-3-4-9-18(16)19;1-4-13(2)15-10-7-8-12-17(15)16-11-6-5-9-14(16)3;1-4-7-15-11-10-13(2)12-17(15)16-9-6-5-8-14(16)3;1-9-7-8-10(2)12-6-4-3-5-11(9)12/h3-5,7-14H,2,6H2,1H3;5-13H,4H2,1-3H3;5-6,8-12H,4,7H2,1-3H3;3-8H,1-2H3. The highest BCUT2D eigenvalue weighted by molar-refractivity contribution is 5.96. The minimum Gasteiger partial charge on any atom is -0.0651 e. The van der Waals surface area contributed by atoms with Crippen molar-refractivity contribution in [3.05, 3.63) is 239 Å². The van der Waals surface area contributed by atoms with Crippen molar-refractivity contribution < 1.29 is 0 Å². The van der Waals surface area contributed by atoms with Crippen LogP contribution in [0.25, 0.3) is 54.9 Å². The third-order valence-electron chi connectivity index (χ3n) is 12.7. The molecule has 0 bridgehead atoms. The van der Waals surface area contributed by atoms with Gasteiger partial charge in [-0.3, -0.25) is 0 Å². The van der Waals surface area contributed by atoms with Crippen LogP contribution in [0.2, 0.25) is 0 Å². The molecule has 0 N–H and O–H groups in total. The van der Waals surface area contributed by atoms with Crippen LogP contribution in [0.5, 0.6) is 0 Å². The van der Waals surface area contributed by atoms with Crippen LogP contribution in [-0.4, -0.2) is 0 Å². The van der Waals surface area contributed by atoms with Crippen molar-refractivity contribution in [3.8, 4) is 33.4 Å². The molecule has 330 valence electrons. The molecule has 0 heteroatoms. The van der Waals surface area contributed by atoms with Crippen molar-refractivity contribution in [2.24, 2.45) is 0 Å². The zero-order valence-electron chi connectivity index (χ0n) is 40.6. The van der Waals surface area contributed by atoms with E-state index >= 15 is 0 Å². The van der Waals surface area contributed by atoms with E-state index in [1.807, 2.05) is 0 Å². The molecule has 0 spiro atoms. The van der Waals surface area contributed by atoms with E-state index in [0.717, 1.165) is 12.8 Å². The molecule has 1 unspecified atom stereocenters. The molecule has 0 radical (unpaired) electrons. The fraction of sp³-hybridized carbons (Fsp3) is 0.231. The zero-order valence-corrected chi connectivity index (χ0v) is 40.6. The number of fused-ring (bicyclic) bond motifs is 2. The molecule has 0 aliphatic carbocycles. The Labute approximate surface area is 392 Å². The Balaban J connectivity index is 0.000000145. The molecule has 65 heavy (non-hydrogen) atoms. The zero-order chi connectivity index (χ0) is 46.1. The van der Waals surface area contributed by atoms with Gasteiger partial charge >= 0.3 is 0 Å². The van der Waals surface area contributed by atoms with Gasteiger partial charge < -0.3 is 0 Å². The Morgan fingerprint density at radius 3 is 1.45 bits per heavy atom. The van der Waals surface area contributed by atoms with Gasteiger partial charge in [-0.25, -0.2) is 0 Å². The normalized spacial score (nSPS) is 11.1. The smallest absolute Gasteiger partial charge is 0.0105 e. The molecular weight excluding hydrogens is 781 g/mol. The molecule has 0 aliphatic heterocycles. The van der Waals surface area contributed by atoms with Crippen molar-refractivity contribution in [1.82, 2.24) is 0 Å². The average molecular weight is 851 g/mol. The molecule has 0 nitrogen and oxygen atoms in total. The largest absolute Gasteiger partial charge is 0.0651 e. The first-order chi connectivity index (χ1) is 31.6. The highest BCUT2D eigenvalue weighted by Crippen LogP contribution is 2.33. The van der Waals surface area contributed by atoms with Crippen LogP contribution in [-0.2, 0) is 12.8 Å². The maximum atomic E-state index is 2.31. The summed E-state index contributed by atoms with van der Waals surface area (Å²) in [6, 6.07) is 69.8. The molecule has 0 aliphatic rings. The van der Waals surface area contributed by atoms with Gasteiger partial charge in [0.15, 0.2) is 0 Å². The van der Waals surface area contributed by atoms with Crippen molar-refractivity contribution in [1.29, 1.82) is 0 Å². The van der Waals surface area contributed by atoms with Gasteiger partial charge in [0.05, 0.1) is 0 Å². The number of hydrogen-bond acceptors (Lipinski definition) is 0. The first kappa shape index (κ1) is 48.0. The molecule has 9 aromatic rings. The van der Waals surface area contributed by atoms with E-state index in [9.17, 15) is 0 Å². The first-order valence-electron chi connectivity index (χ1n) is 24.0. The van der Waals surface area contributed by atoms with Gasteiger partial charge in [0.2, 0.25) is 0 Å². The highest BCUT2D eigenvalue weighted by atomic mass is 14.2. The van der Waals surface area contributed by atoms with Gasteiger partial charge in [-0.15, -0.1) is 0 Å². The third-order valence-corrected chi connectivity index (χ3v) is 12.7. The van der Waals surface area contributed by atoms with Gasteiger partial charge in [0.25, 0.3) is 0 Å². The van der Waals surface area contributed by atoms with E-state index in [4.69, 9.17) is 0 Å². The monoisotopic (exact) mass is 851 g/mol. The van der Waals surface area contributed by atoms with Crippen LogP contribution < -0.4 is 0 Å². The summed E-state index contributed by atoms with van der Waals surface area (Å²) < 4.78 is 0. The molecule has 1 atom stereocenters. The molecule has 9 aromatic carbocycles. The minimum atomic E-state index is 0.616. The lowest BCUT2D eigenvalue weighted by Crippen LogP contribution is -1.95. The van der Waals surface area contributed by atoms with Crippen LogP contribution in [0.15, 0.2) is 194 Å². The lowest BCUT2D eigenvalue weighted by molar-refractivity contribution is 0.735. The Bertz CT molecular complexity index is 2840. The summed E-state index contributed by atoms with van der Waals surface area (Å²) in [6.07, 6.45) is 5.90. The summed E-state index contributed by atoms with van der Waals surface area (Å²) in [6.45, 7) is 19.9. The van der Waals surface area contributed by atoms with Crippen molar-refractivity contribution >= 4 is 21.5 Å². The Morgan fingerprint density at radius 2 is 0.862 bits per heavy atom. The maximum Gasteiger partial charge on any atom is -0.0105 e. The maximum absolute atomic E-state index is 2.31. The average Bonchev–Trinajstić information content (AvgIpc) is 3.34. The fourth-order valence-electron chi connectivity index (χ4n) is 8.79. The summed E-state index contributed by atoms with van der Waals surface area (Å²) >= 11 is 0. The molecule has 0 amide bonds. The number of hydrogen-bond donors (Lipinski definition) is 0. The van der Waals surface area contributed by atoms with E-state index in [-0.39, 0.29) is 0 Å². The number of rotatable bonds is 9. The fourth-order valence-corrected chi connectivity index (χ4v) is 8.79. The van der Waals surface area contributed by atoms with Crippen LogP contribution in [0.1, 0.15) is 97.4 Å². The molecule has 0 saturated carbocycles. The van der Waals surface area contributed by atoms with Gasteiger partial charge in [0.1, 0.15) is 0 Å². The highest BCUT2D eigenvalue weighted by Gasteiger charge is 2.11. The van der Waals surface area contributed by atoms with Crippen LogP contribution in [0.3, 0.4) is 0 Å². The Kier molecular flexibility index (Phi) is 17.7. The predicted molar refractivity (Wildman–Crippen MR) is 287 cm³/mol. The second-order valence-electron chi connectivity index (χ2n) is 17.7. The number of benzene rings is 9. The lowest BCUT2D eigenvalue weighted by atomic mass is 9.89. The summed E-state index contributed by atoms with van der Waals surface area (Å²) in [5, 5.41) is 5.38. The van der Waals surface area contributed by atoms with E-state index < -0.39 is 0 Å². The second-order valence-corrected chi connectivity index (χ2v) is 17.7. The van der Waals surface area contributed by atoms with E-state index in [0.29, 0.717) is 5.92 Å². The summed E-state index contributed by atoms with van der Waals surface area (Å²) in [5.74, 6) is 0.616. The van der Waals surface area contributed by atoms with Gasteiger partial charge in [-0.1, -0.05) is 240 Å². The molecule has 9 rings (SSSR count). The summed E-state index contributed by atoms with van der Waals surface area (Å²) in [5.41, 5.74) is 19.3. The lowest BCUT2D eigenvalue weighted by Gasteiger charge is -2.16. The van der Waals surface area contributed by atoms with Gasteiger partial charge in [-0.2, -0.15) is 0 Å². The van der Waals surface area contributed by atoms with E-state index in [2.05, 4.69) is 256 Å². The third kappa shape index (κ3) is 12.6. The molecule has 0 aromatic heterocycles. The second kappa shape index (κ2) is 24.0. The topological polar surface area (TPSA) is 0 Å². The summed E-state index contributed by atoms with van der Waals surface area (Å²) in [4.78, 5) is 0. The van der Waals surface area contributed by atoms with Crippen LogP contribution in [0, 0.1) is 34.6 Å². The van der Waals surface area contributed by atoms with Crippen molar-refractivity contribution in [3.63, 3.8) is 0 Å². The van der Waals surface area contributed by atoms with E-state index in [1.165, 1.54) is 119 Å². The van der Waals surface area contributed by atoms with E-state index in [1.54, 1.807) is 0 Å². The SMILES string of the molecule is CCC(C)c1ccccc1-c1ccccc1C.CCCc1ccc(-c2cccc3ccccc23)cc1.CCCc1ccc(C)cc1-c1ccccc1C.Cc1ccc(C)c2ccccc12. The van der Waals surface area contributed by atoms with Crippen molar-refractivity contribution in [2.75, 3.05) is 0 Å². The first-order valence-corrected chi connectivity index (χ1v) is 24.0. The molecule has 0 saturated heterocycles. The Morgan fingerprint density at radius 1 is 0.369 bits per heavy atom. The molecule has 0 fully saturated rings. The van der Waals surface area contributed by atoms with Crippen LogP contribution in [0.4, 0.5) is 0 Å². The molecule has 0 heterocycles. The predicted octanol–water partition coefficient (Wildman–Crippen LogP) is 19.0. The summed E-state index contributed by atoms with van der Waals surface area (Å²) in [7, 11) is 0. The van der Waals surface area contributed by atoms with Crippen molar-refractivity contribution in [2.45, 2.75) is 100 Å². The number of aryl methyl sites for hydroxylation is 7. The Hall–Kier alpha value is -6.50. The molecular formula is C65H70. The quantitative estimate of drug-likeness (QED) is 0.136.